The first-order valence-electron chi connectivity index (χ1n) is 10.2. The minimum Gasteiger partial charge on any atom is -0.497 e. The van der Waals surface area contributed by atoms with Crippen molar-refractivity contribution in [3.05, 3.63) is 53.6 Å². The first-order chi connectivity index (χ1) is 15.5. The van der Waals surface area contributed by atoms with E-state index >= 15 is 0 Å². The van der Waals surface area contributed by atoms with Crippen LogP contribution in [0.25, 0.3) is 12.2 Å². The van der Waals surface area contributed by atoms with Crippen molar-refractivity contribution < 1.29 is 39.4 Å². The highest BCUT2D eigenvalue weighted by Crippen LogP contribution is 2.25. The molecule has 2 rings (SSSR count). The van der Waals surface area contributed by atoms with Crippen LogP contribution in [-0.2, 0) is 4.74 Å². The van der Waals surface area contributed by atoms with Crippen molar-refractivity contribution in [1.29, 1.82) is 0 Å². The monoisotopic (exact) mass is 448 g/mol. The molecule has 0 heterocycles. The smallest absolute Gasteiger partial charge is 0.123 e. The molecular formula is C24H32O8. The minimum atomic E-state index is -1.03. The Bertz CT molecular complexity index is 808. The summed E-state index contributed by atoms with van der Waals surface area (Å²) in [5.41, 5.74) is 0.860. The van der Waals surface area contributed by atoms with Crippen molar-refractivity contribution in [2.45, 2.75) is 6.10 Å². The van der Waals surface area contributed by atoms with E-state index in [1.165, 1.54) is 0 Å². The van der Waals surface area contributed by atoms with Gasteiger partial charge < -0.3 is 39.4 Å². The number of aliphatic hydroxyl groups is 4. The molecule has 0 aromatic heterocycles. The zero-order valence-electron chi connectivity index (χ0n) is 18.4. The van der Waals surface area contributed by atoms with Gasteiger partial charge in [-0.05, 0) is 35.4 Å². The zero-order valence-corrected chi connectivity index (χ0v) is 18.4. The average molecular weight is 449 g/mol. The fourth-order valence-electron chi connectivity index (χ4n) is 2.77. The highest BCUT2D eigenvalue weighted by atomic mass is 16.5. The van der Waals surface area contributed by atoms with Gasteiger partial charge in [-0.2, -0.15) is 0 Å². The quantitative estimate of drug-likeness (QED) is 0.322. The Hall–Kier alpha value is -2.62. The summed E-state index contributed by atoms with van der Waals surface area (Å²) in [6.45, 7) is -1.24. The Morgan fingerprint density at radius 1 is 0.812 bits per heavy atom. The Labute approximate surface area is 188 Å². The lowest BCUT2D eigenvalue weighted by atomic mass is 9.92. The van der Waals surface area contributed by atoms with Crippen molar-refractivity contribution in [1.82, 2.24) is 0 Å². The van der Waals surface area contributed by atoms with E-state index < -0.39 is 18.1 Å². The van der Waals surface area contributed by atoms with Crippen LogP contribution in [0.3, 0.4) is 0 Å². The van der Waals surface area contributed by atoms with Gasteiger partial charge >= 0.3 is 0 Å². The summed E-state index contributed by atoms with van der Waals surface area (Å²) in [5, 5.41) is 37.6. The standard InChI is InChI=1S/C24H32O8/c1-29-22-9-19(10-23(11-22)30-2)4-3-18-5-7-21(8-6-18)32-17-24(14-26,15-27)16-31-13-20(28)12-25/h3-11,20,25-28H,12-17H2,1-2H3/b4-3+. The van der Waals surface area contributed by atoms with Crippen molar-refractivity contribution >= 4 is 12.2 Å². The van der Waals surface area contributed by atoms with Crippen LogP contribution < -0.4 is 14.2 Å². The van der Waals surface area contributed by atoms with Gasteiger partial charge in [0.1, 0.15) is 30.0 Å². The van der Waals surface area contributed by atoms with Gasteiger partial charge in [0.05, 0.1) is 52.7 Å². The molecule has 0 radical (unpaired) electrons. The molecule has 0 saturated carbocycles. The molecule has 0 spiro atoms. The number of hydrogen-bond donors (Lipinski definition) is 4. The van der Waals surface area contributed by atoms with Crippen molar-refractivity contribution in [3.8, 4) is 17.2 Å². The lowest BCUT2D eigenvalue weighted by Crippen LogP contribution is -2.41. The van der Waals surface area contributed by atoms with E-state index in [4.69, 9.17) is 24.1 Å². The van der Waals surface area contributed by atoms with Gasteiger partial charge in [0.2, 0.25) is 0 Å². The fourth-order valence-corrected chi connectivity index (χ4v) is 2.77. The van der Waals surface area contributed by atoms with Crippen molar-refractivity contribution in [2.24, 2.45) is 5.41 Å². The summed E-state index contributed by atoms with van der Waals surface area (Å²) in [7, 11) is 3.21. The van der Waals surface area contributed by atoms with Crippen LogP contribution >= 0.6 is 0 Å². The molecule has 4 N–H and O–H groups in total. The first kappa shape index (κ1) is 25.6. The molecule has 0 aliphatic heterocycles. The normalized spacial score (nSPS) is 12.7. The lowest BCUT2D eigenvalue weighted by molar-refractivity contribution is -0.0743. The first-order valence-corrected chi connectivity index (χ1v) is 10.2. The van der Waals surface area contributed by atoms with E-state index in [-0.39, 0.29) is 33.0 Å². The molecule has 2 aromatic carbocycles. The van der Waals surface area contributed by atoms with Crippen LogP contribution in [-0.4, -0.2) is 80.4 Å². The lowest BCUT2D eigenvalue weighted by Gasteiger charge is -2.29. The van der Waals surface area contributed by atoms with E-state index in [0.29, 0.717) is 17.2 Å². The average Bonchev–Trinajstić information content (AvgIpc) is 2.85. The number of hydrogen-bond acceptors (Lipinski definition) is 8. The summed E-state index contributed by atoms with van der Waals surface area (Å²) in [5.74, 6) is 1.99. The Kier molecular flexibility index (Phi) is 10.5. The number of aliphatic hydroxyl groups excluding tert-OH is 4. The second-order valence-electron chi connectivity index (χ2n) is 7.50. The Balaban J connectivity index is 1.97. The van der Waals surface area contributed by atoms with Gasteiger partial charge in [0.25, 0.3) is 0 Å². The molecule has 0 amide bonds. The molecule has 176 valence electrons. The summed E-state index contributed by atoms with van der Waals surface area (Å²) in [4.78, 5) is 0. The number of rotatable bonds is 14. The molecule has 0 fully saturated rings. The molecule has 2 aromatic rings. The maximum atomic E-state index is 9.72. The van der Waals surface area contributed by atoms with Crippen LogP contribution in [0.4, 0.5) is 0 Å². The van der Waals surface area contributed by atoms with Crippen molar-refractivity contribution in [3.63, 3.8) is 0 Å². The van der Waals surface area contributed by atoms with Crippen LogP contribution in [0.2, 0.25) is 0 Å². The second-order valence-corrected chi connectivity index (χ2v) is 7.50. The van der Waals surface area contributed by atoms with Gasteiger partial charge in [-0.25, -0.2) is 0 Å². The topological polar surface area (TPSA) is 118 Å². The van der Waals surface area contributed by atoms with E-state index in [2.05, 4.69) is 0 Å². The van der Waals surface area contributed by atoms with E-state index in [1.807, 2.05) is 42.5 Å². The maximum Gasteiger partial charge on any atom is 0.123 e. The largest absolute Gasteiger partial charge is 0.497 e. The SMILES string of the molecule is COc1cc(/C=C/c2ccc(OCC(CO)(CO)COCC(O)CO)cc2)cc(OC)c1. The molecular weight excluding hydrogens is 416 g/mol. The zero-order chi connectivity index (χ0) is 23.4. The third-order valence-electron chi connectivity index (χ3n) is 4.87. The molecule has 0 bridgehead atoms. The van der Waals surface area contributed by atoms with E-state index in [1.54, 1.807) is 26.4 Å². The number of methoxy groups -OCH3 is 2. The molecule has 0 aliphatic rings. The van der Waals surface area contributed by atoms with Crippen LogP contribution in [0.5, 0.6) is 17.2 Å². The second kappa shape index (κ2) is 13.0. The fraction of sp³-hybridized carbons (Fsp3) is 0.417. The Morgan fingerprint density at radius 2 is 1.41 bits per heavy atom. The molecule has 8 nitrogen and oxygen atoms in total. The van der Waals surface area contributed by atoms with E-state index in [9.17, 15) is 15.3 Å². The molecule has 0 aliphatic carbocycles. The van der Waals surface area contributed by atoms with E-state index in [0.717, 1.165) is 11.1 Å². The van der Waals surface area contributed by atoms with Gasteiger partial charge in [0.15, 0.2) is 0 Å². The van der Waals surface area contributed by atoms with Crippen LogP contribution in [0.1, 0.15) is 11.1 Å². The molecule has 1 unspecified atom stereocenters. The van der Waals surface area contributed by atoms with Crippen molar-refractivity contribution in [2.75, 3.05) is 53.9 Å². The van der Waals surface area contributed by atoms with Crippen LogP contribution in [0.15, 0.2) is 42.5 Å². The summed E-state index contributed by atoms with van der Waals surface area (Å²) in [6, 6.07) is 13.0. The van der Waals surface area contributed by atoms with Gasteiger partial charge in [-0.1, -0.05) is 24.3 Å². The molecule has 0 saturated heterocycles. The van der Waals surface area contributed by atoms with Gasteiger partial charge in [-0.3, -0.25) is 0 Å². The predicted octanol–water partition coefficient (Wildman–Crippen LogP) is 1.59. The van der Waals surface area contributed by atoms with Gasteiger partial charge in [-0.15, -0.1) is 0 Å². The van der Waals surface area contributed by atoms with Gasteiger partial charge in [0, 0.05) is 6.07 Å². The summed E-state index contributed by atoms with van der Waals surface area (Å²) < 4.78 is 21.6. The number of ether oxygens (including phenoxy) is 4. The summed E-state index contributed by atoms with van der Waals surface area (Å²) in [6.07, 6.45) is 2.88. The third-order valence-corrected chi connectivity index (χ3v) is 4.87. The Morgan fingerprint density at radius 3 is 1.94 bits per heavy atom. The summed E-state index contributed by atoms with van der Waals surface area (Å²) >= 11 is 0. The third kappa shape index (κ3) is 7.81. The maximum absolute atomic E-state index is 9.72. The number of benzene rings is 2. The molecule has 1 atom stereocenters. The molecule has 8 heteroatoms. The van der Waals surface area contributed by atoms with Crippen LogP contribution in [0, 0.1) is 5.41 Å². The molecule has 32 heavy (non-hydrogen) atoms. The highest BCUT2D eigenvalue weighted by molar-refractivity contribution is 5.71. The minimum absolute atomic E-state index is 0.0218. The highest BCUT2D eigenvalue weighted by Gasteiger charge is 2.31. The predicted molar refractivity (Wildman–Crippen MR) is 121 cm³/mol.